The van der Waals surface area contributed by atoms with Gasteiger partial charge in [0, 0.05) is 5.56 Å². The first kappa shape index (κ1) is 10.5. The molecule has 0 fully saturated rings. The summed E-state index contributed by atoms with van der Waals surface area (Å²) in [5.74, 6) is 0. The van der Waals surface area contributed by atoms with Crippen molar-refractivity contribution >= 4 is 38.6 Å². The predicted octanol–water partition coefficient (Wildman–Crippen LogP) is 4.70. The summed E-state index contributed by atoms with van der Waals surface area (Å²) in [5.41, 5.74) is 1.99. The van der Waals surface area contributed by atoms with Gasteiger partial charge in [0.05, 0.1) is 0 Å². The Morgan fingerprint density at radius 3 is 2.32 bits per heavy atom. The van der Waals surface area contributed by atoms with Crippen LogP contribution in [0.5, 0.6) is 0 Å². The number of benzene rings is 4. The van der Waals surface area contributed by atoms with E-state index in [1.807, 2.05) is 18.2 Å². The maximum atomic E-state index is 11.4. The lowest BCUT2D eigenvalue weighted by atomic mass is 9.90. The van der Waals surface area contributed by atoms with E-state index in [4.69, 9.17) is 0 Å². The van der Waals surface area contributed by atoms with Crippen molar-refractivity contribution in [2.24, 2.45) is 0 Å². The van der Waals surface area contributed by atoms with Gasteiger partial charge in [0.15, 0.2) is 6.29 Å². The molecule has 0 saturated heterocycles. The highest BCUT2D eigenvalue weighted by atomic mass is 16.1. The topological polar surface area (TPSA) is 17.1 Å². The molecule has 0 spiro atoms. The Hall–Kier alpha value is -2.41. The fourth-order valence-corrected chi connectivity index (χ4v) is 3.08. The summed E-state index contributed by atoms with van der Waals surface area (Å²) in [6, 6.07) is 16.7. The van der Waals surface area contributed by atoms with Gasteiger partial charge in [0.2, 0.25) is 0 Å². The van der Waals surface area contributed by atoms with E-state index >= 15 is 0 Å². The SMILES string of the molecule is Cc1ccc2ccc3cccc4c(C=O)cc1c2c34. The van der Waals surface area contributed by atoms with Crippen LogP contribution >= 0.6 is 0 Å². The molecule has 4 aromatic rings. The zero-order valence-electron chi connectivity index (χ0n) is 10.6. The predicted molar refractivity (Wildman–Crippen MR) is 80.3 cm³/mol. The number of aldehydes is 1. The van der Waals surface area contributed by atoms with Gasteiger partial charge in [-0.05, 0) is 50.9 Å². The molecule has 0 aromatic heterocycles. The van der Waals surface area contributed by atoms with Gasteiger partial charge in [0.25, 0.3) is 0 Å². The van der Waals surface area contributed by atoms with Gasteiger partial charge in [-0.15, -0.1) is 0 Å². The third-order valence-corrected chi connectivity index (χ3v) is 4.02. The second kappa shape index (κ2) is 3.55. The largest absolute Gasteiger partial charge is 0.298 e. The molecule has 0 aliphatic heterocycles. The molecule has 0 atom stereocenters. The summed E-state index contributed by atoms with van der Waals surface area (Å²) < 4.78 is 0. The Balaban J connectivity index is 2.47. The highest BCUT2D eigenvalue weighted by Gasteiger charge is 2.12. The Morgan fingerprint density at radius 2 is 1.53 bits per heavy atom. The molecule has 0 heterocycles. The highest BCUT2D eigenvalue weighted by Crippen LogP contribution is 2.37. The lowest BCUT2D eigenvalue weighted by Gasteiger charge is -2.13. The minimum atomic E-state index is 0.778. The average Bonchev–Trinajstić information content (AvgIpc) is 2.46. The molecule has 0 N–H and O–H groups in total. The number of carbonyl (C=O) groups is 1. The van der Waals surface area contributed by atoms with Gasteiger partial charge in [-0.3, -0.25) is 4.79 Å². The van der Waals surface area contributed by atoms with Crippen LogP contribution in [0.1, 0.15) is 15.9 Å². The van der Waals surface area contributed by atoms with Crippen molar-refractivity contribution in [3.8, 4) is 0 Å². The average molecular weight is 244 g/mol. The molecule has 0 saturated carbocycles. The molecular weight excluding hydrogens is 232 g/mol. The first-order chi connectivity index (χ1) is 9.29. The fourth-order valence-electron chi connectivity index (χ4n) is 3.08. The summed E-state index contributed by atoms with van der Waals surface area (Å²) in [6.07, 6.45) is 0.961. The van der Waals surface area contributed by atoms with Crippen LogP contribution in [0.3, 0.4) is 0 Å². The summed E-state index contributed by atoms with van der Waals surface area (Å²) in [6.45, 7) is 2.10. The molecule has 90 valence electrons. The number of hydrogen-bond acceptors (Lipinski definition) is 1. The minimum Gasteiger partial charge on any atom is -0.298 e. The zero-order valence-corrected chi connectivity index (χ0v) is 10.6. The van der Waals surface area contributed by atoms with E-state index in [1.165, 1.54) is 32.5 Å². The van der Waals surface area contributed by atoms with Crippen LogP contribution in [0.2, 0.25) is 0 Å². The van der Waals surface area contributed by atoms with Crippen molar-refractivity contribution in [3.63, 3.8) is 0 Å². The molecule has 4 aromatic carbocycles. The first-order valence-corrected chi connectivity index (χ1v) is 6.42. The lowest BCUT2D eigenvalue weighted by molar-refractivity contribution is 0.112. The van der Waals surface area contributed by atoms with E-state index in [0.717, 1.165) is 17.2 Å². The van der Waals surface area contributed by atoms with E-state index in [9.17, 15) is 4.79 Å². The van der Waals surface area contributed by atoms with Gasteiger partial charge >= 0.3 is 0 Å². The van der Waals surface area contributed by atoms with E-state index < -0.39 is 0 Å². The van der Waals surface area contributed by atoms with Gasteiger partial charge < -0.3 is 0 Å². The standard InChI is InChI=1S/C18H12O/c1-11-5-6-13-8-7-12-3-2-4-15-14(10-19)9-16(11)18(13)17(12)15/h2-10H,1H3. The fraction of sp³-hybridized carbons (Fsp3) is 0.0556. The molecule has 19 heavy (non-hydrogen) atoms. The Bertz CT molecular complexity index is 934. The summed E-state index contributed by atoms with van der Waals surface area (Å²) in [7, 11) is 0. The van der Waals surface area contributed by atoms with E-state index in [1.54, 1.807) is 0 Å². The van der Waals surface area contributed by atoms with Crippen molar-refractivity contribution in [2.75, 3.05) is 0 Å². The van der Waals surface area contributed by atoms with Gasteiger partial charge in [-0.25, -0.2) is 0 Å². The molecule has 0 radical (unpaired) electrons. The van der Waals surface area contributed by atoms with Crippen molar-refractivity contribution < 1.29 is 4.79 Å². The summed E-state index contributed by atoms with van der Waals surface area (Å²) in [5, 5.41) is 7.16. The number of carbonyl (C=O) groups excluding carboxylic acids is 1. The summed E-state index contributed by atoms with van der Waals surface area (Å²) >= 11 is 0. The first-order valence-electron chi connectivity index (χ1n) is 6.42. The van der Waals surface area contributed by atoms with Crippen molar-refractivity contribution in [1.82, 2.24) is 0 Å². The van der Waals surface area contributed by atoms with Crippen LogP contribution in [0.4, 0.5) is 0 Å². The molecule has 0 aliphatic carbocycles. The third-order valence-electron chi connectivity index (χ3n) is 4.02. The molecule has 0 unspecified atom stereocenters. The molecule has 4 rings (SSSR count). The van der Waals surface area contributed by atoms with E-state index in [0.29, 0.717) is 0 Å². The monoisotopic (exact) mass is 244 g/mol. The van der Waals surface area contributed by atoms with Gasteiger partial charge in [-0.1, -0.05) is 42.5 Å². The Labute approximate surface area is 110 Å². The smallest absolute Gasteiger partial charge is 0.150 e. The number of rotatable bonds is 1. The molecule has 0 amide bonds. The Kier molecular flexibility index (Phi) is 1.96. The van der Waals surface area contributed by atoms with Crippen molar-refractivity contribution in [3.05, 3.63) is 59.7 Å². The molecule has 1 nitrogen and oxygen atoms in total. The third kappa shape index (κ3) is 1.27. The maximum Gasteiger partial charge on any atom is 0.150 e. The maximum absolute atomic E-state index is 11.4. The zero-order chi connectivity index (χ0) is 13.0. The summed E-state index contributed by atoms with van der Waals surface area (Å²) in [4.78, 5) is 11.4. The van der Waals surface area contributed by atoms with Crippen LogP contribution < -0.4 is 0 Å². The molecular formula is C18H12O. The normalized spacial score (nSPS) is 11.6. The van der Waals surface area contributed by atoms with Crippen LogP contribution in [0, 0.1) is 6.92 Å². The number of hydrogen-bond donors (Lipinski definition) is 0. The molecule has 1 heteroatoms. The van der Waals surface area contributed by atoms with E-state index in [2.05, 4.69) is 37.3 Å². The van der Waals surface area contributed by atoms with Crippen LogP contribution in [0.25, 0.3) is 32.3 Å². The minimum absolute atomic E-state index is 0.778. The van der Waals surface area contributed by atoms with Gasteiger partial charge in [-0.2, -0.15) is 0 Å². The van der Waals surface area contributed by atoms with Crippen molar-refractivity contribution in [1.29, 1.82) is 0 Å². The van der Waals surface area contributed by atoms with Crippen LogP contribution in [-0.4, -0.2) is 6.29 Å². The lowest BCUT2D eigenvalue weighted by Crippen LogP contribution is -1.90. The van der Waals surface area contributed by atoms with Crippen LogP contribution in [-0.2, 0) is 0 Å². The Morgan fingerprint density at radius 1 is 0.842 bits per heavy atom. The quantitative estimate of drug-likeness (QED) is 0.350. The second-order valence-electron chi connectivity index (χ2n) is 5.08. The highest BCUT2D eigenvalue weighted by molar-refractivity contribution is 6.26. The molecule has 0 bridgehead atoms. The van der Waals surface area contributed by atoms with E-state index in [-0.39, 0.29) is 0 Å². The second-order valence-corrected chi connectivity index (χ2v) is 5.08. The van der Waals surface area contributed by atoms with Gasteiger partial charge in [0.1, 0.15) is 0 Å². The molecule has 0 aliphatic rings. The van der Waals surface area contributed by atoms with Crippen molar-refractivity contribution in [2.45, 2.75) is 6.92 Å². The number of aryl methyl sites for hydroxylation is 1. The van der Waals surface area contributed by atoms with Crippen LogP contribution in [0.15, 0.2) is 48.5 Å².